The van der Waals surface area contributed by atoms with Gasteiger partial charge in [-0.15, -0.1) is 0 Å². The highest BCUT2D eigenvalue weighted by atomic mass is 16.5. The summed E-state index contributed by atoms with van der Waals surface area (Å²) in [6.07, 6.45) is -0.512. The van der Waals surface area contributed by atoms with Crippen molar-refractivity contribution in [1.82, 2.24) is 10.2 Å². The highest BCUT2D eigenvalue weighted by Gasteiger charge is 2.28. The van der Waals surface area contributed by atoms with E-state index in [2.05, 4.69) is 14.8 Å². The van der Waals surface area contributed by atoms with Gasteiger partial charge in [0.25, 0.3) is 0 Å². The van der Waals surface area contributed by atoms with Crippen LogP contribution in [-0.2, 0) is 23.9 Å². The van der Waals surface area contributed by atoms with Crippen molar-refractivity contribution < 1.29 is 33.8 Å². The van der Waals surface area contributed by atoms with E-state index in [0.717, 1.165) is 12.0 Å². The number of hydrogen-bond acceptors (Lipinski definition) is 6. The van der Waals surface area contributed by atoms with Crippen LogP contribution < -0.4 is 5.32 Å². The standard InChI is InChI=1S/C12H20N2O7/c1-7(2)14(6-10(16)21-4)12(19)13-8(11(17)18)5-9(15)20-3/h7-8H,5-6H2,1-4H3,(H,13,19)(H,17,18)/t8-/m0/s1. The molecule has 0 aliphatic carbocycles. The van der Waals surface area contributed by atoms with E-state index in [-0.39, 0.29) is 12.6 Å². The number of urea groups is 1. The van der Waals surface area contributed by atoms with Gasteiger partial charge < -0.3 is 24.8 Å². The molecule has 0 saturated carbocycles. The lowest BCUT2D eigenvalue weighted by Crippen LogP contribution is -2.52. The zero-order valence-electron chi connectivity index (χ0n) is 12.4. The first-order chi connectivity index (χ1) is 9.72. The van der Waals surface area contributed by atoms with Gasteiger partial charge in [-0.25, -0.2) is 9.59 Å². The second-order valence-corrected chi connectivity index (χ2v) is 4.42. The molecular weight excluding hydrogens is 284 g/mol. The van der Waals surface area contributed by atoms with E-state index < -0.39 is 36.4 Å². The molecule has 120 valence electrons. The maximum atomic E-state index is 12.0. The summed E-state index contributed by atoms with van der Waals surface area (Å²) in [6, 6.07) is -2.59. The van der Waals surface area contributed by atoms with Crippen molar-refractivity contribution in [3.8, 4) is 0 Å². The molecule has 0 radical (unpaired) electrons. The fraction of sp³-hybridized carbons (Fsp3) is 0.667. The minimum Gasteiger partial charge on any atom is -0.480 e. The number of rotatable bonds is 7. The molecular formula is C12H20N2O7. The maximum absolute atomic E-state index is 12.0. The average molecular weight is 304 g/mol. The van der Waals surface area contributed by atoms with Crippen LogP contribution in [0.5, 0.6) is 0 Å². The Hall–Kier alpha value is -2.32. The lowest BCUT2D eigenvalue weighted by molar-refractivity contribution is -0.147. The van der Waals surface area contributed by atoms with Crippen molar-refractivity contribution in [1.29, 1.82) is 0 Å². The van der Waals surface area contributed by atoms with Gasteiger partial charge in [-0.05, 0) is 13.8 Å². The van der Waals surface area contributed by atoms with E-state index >= 15 is 0 Å². The lowest BCUT2D eigenvalue weighted by Gasteiger charge is -2.27. The van der Waals surface area contributed by atoms with Gasteiger partial charge in [0, 0.05) is 6.04 Å². The summed E-state index contributed by atoms with van der Waals surface area (Å²) in [5.41, 5.74) is 0. The van der Waals surface area contributed by atoms with Crippen LogP contribution in [0.2, 0.25) is 0 Å². The summed E-state index contributed by atoms with van der Waals surface area (Å²) in [6.45, 7) is 2.97. The fourth-order valence-electron chi connectivity index (χ4n) is 1.37. The third-order valence-corrected chi connectivity index (χ3v) is 2.61. The van der Waals surface area contributed by atoms with Crippen LogP contribution in [0.25, 0.3) is 0 Å². The fourth-order valence-corrected chi connectivity index (χ4v) is 1.37. The van der Waals surface area contributed by atoms with Gasteiger partial charge in [0.1, 0.15) is 12.6 Å². The number of carbonyl (C=O) groups is 4. The van der Waals surface area contributed by atoms with Crippen LogP contribution in [0.3, 0.4) is 0 Å². The first-order valence-electron chi connectivity index (χ1n) is 6.16. The van der Waals surface area contributed by atoms with Gasteiger partial charge in [-0.2, -0.15) is 0 Å². The molecule has 2 N–H and O–H groups in total. The van der Waals surface area contributed by atoms with Crippen LogP contribution in [0, 0.1) is 0 Å². The first kappa shape index (κ1) is 18.7. The Bertz CT molecular complexity index is 408. The summed E-state index contributed by atoms with van der Waals surface area (Å²) in [4.78, 5) is 46.5. The number of methoxy groups -OCH3 is 2. The minimum absolute atomic E-state index is 0.329. The van der Waals surface area contributed by atoms with E-state index in [1.807, 2.05) is 0 Å². The Kier molecular flexibility index (Phi) is 7.80. The van der Waals surface area contributed by atoms with Gasteiger partial charge in [0.05, 0.1) is 20.6 Å². The number of ether oxygens (including phenoxy) is 2. The van der Waals surface area contributed by atoms with Crippen LogP contribution in [0.15, 0.2) is 0 Å². The zero-order valence-corrected chi connectivity index (χ0v) is 12.4. The number of nitrogens with one attached hydrogen (secondary N) is 1. The van der Waals surface area contributed by atoms with Crippen LogP contribution in [0.1, 0.15) is 20.3 Å². The molecule has 0 spiro atoms. The van der Waals surface area contributed by atoms with Gasteiger partial charge in [0.2, 0.25) is 0 Å². The zero-order chi connectivity index (χ0) is 16.6. The van der Waals surface area contributed by atoms with Crippen LogP contribution >= 0.6 is 0 Å². The number of esters is 2. The molecule has 0 saturated heterocycles. The Balaban J connectivity index is 4.87. The number of carbonyl (C=O) groups excluding carboxylic acids is 3. The summed E-state index contributed by atoms with van der Waals surface area (Å²) in [5.74, 6) is -2.79. The number of hydrogen-bond donors (Lipinski definition) is 2. The van der Waals surface area contributed by atoms with Crippen molar-refractivity contribution in [3.05, 3.63) is 0 Å². The Morgan fingerprint density at radius 1 is 1.10 bits per heavy atom. The van der Waals surface area contributed by atoms with Gasteiger partial charge >= 0.3 is 23.9 Å². The molecule has 9 heteroatoms. The smallest absolute Gasteiger partial charge is 0.326 e. The first-order valence-corrected chi connectivity index (χ1v) is 6.16. The molecule has 0 fully saturated rings. The van der Waals surface area contributed by atoms with E-state index in [4.69, 9.17) is 5.11 Å². The number of nitrogens with zero attached hydrogens (tertiary/aromatic N) is 1. The largest absolute Gasteiger partial charge is 0.480 e. The van der Waals surface area contributed by atoms with Crippen molar-refractivity contribution >= 4 is 23.9 Å². The molecule has 0 aromatic rings. The highest BCUT2D eigenvalue weighted by molar-refractivity contribution is 5.88. The number of aliphatic carboxylic acids is 1. The monoisotopic (exact) mass is 304 g/mol. The van der Waals surface area contributed by atoms with Crippen molar-refractivity contribution in [3.63, 3.8) is 0 Å². The number of amides is 2. The number of carboxylic acids is 1. The lowest BCUT2D eigenvalue weighted by atomic mass is 10.2. The summed E-state index contributed by atoms with van der Waals surface area (Å²) < 4.78 is 8.83. The van der Waals surface area contributed by atoms with Crippen molar-refractivity contribution in [2.24, 2.45) is 0 Å². The van der Waals surface area contributed by atoms with Crippen LogP contribution in [0.4, 0.5) is 4.79 Å². The van der Waals surface area contributed by atoms with E-state index in [0.29, 0.717) is 0 Å². The van der Waals surface area contributed by atoms with Crippen molar-refractivity contribution in [2.75, 3.05) is 20.8 Å². The summed E-state index contributed by atoms with van der Waals surface area (Å²) in [5, 5.41) is 11.2. The molecule has 0 aliphatic rings. The molecule has 0 aliphatic heterocycles. The van der Waals surface area contributed by atoms with E-state index in [1.165, 1.54) is 7.11 Å². The topological polar surface area (TPSA) is 122 Å². The summed E-state index contributed by atoms with van der Waals surface area (Å²) >= 11 is 0. The number of carboxylic acid groups (broad SMARTS) is 1. The van der Waals surface area contributed by atoms with E-state index in [9.17, 15) is 19.2 Å². The summed E-state index contributed by atoms with van der Waals surface area (Å²) in [7, 11) is 2.29. The molecule has 0 aromatic heterocycles. The van der Waals surface area contributed by atoms with Crippen molar-refractivity contribution in [2.45, 2.75) is 32.4 Å². The highest BCUT2D eigenvalue weighted by Crippen LogP contribution is 2.02. The molecule has 21 heavy (non-hydrogen) atoms. The minimum atomic E-state index is -1.44. The molecule has 0 aromatic carbocycles. The van der Waals surface area contributed by atoms with E-state index in [1.54, 1.807) is 13.8 Å². The average Bonchev–Trinajstić information content (AvgIpc) is 2.42. The molecule has 0 heterocycles. The predicted octanol–water partition coefficient (Wildman–Crippen LogP) is -0.404. The molecule has 1 atom stereocenters. The maximum Gasteiger partial charge on any atom is 0.326 e. The third kappa shape index (κ3) is 6.59. The predicted molar refractivity (Wildman–Crippen MR) is 70.4 cm³/mol. The second kappa shape index (κ2) is 8.77. The molecule has 0 bridgehead atoms. The molecule has 2 amide bonds. The normalized spacial score (nSPS) is 11.5. The second-order valence-electron chi connectivity index (χ2n) is 4.42. The quantitative estimate of drug-likeness (QED) is 0.613. The third-order valence-electron chi connectivity index (χ3n) is 2.61. The SMILES string of the molecule is COC(=O)C[C@H](NC(=O)N(CC(=O)OC)C(C)C)C(=O)O. The van der Waals surface area contributed by atoms with Gasteiger partial charge in [0.15, 0.2) is 0 Å². The Morgan fingerprint density at radius 2 is 1.62 bits per heavy atom. The molecule has 9 nitrogen and oxygen atoms in total. The Morgan fingerprint density at radius 3 is 2.00 bits per heavy atom. The van der Waals surface area contributed by atoms with Gasteiger partial charge in [-0.1, -0.05) is 0 Å². The van der Waals surface area contributed by atoms with Crippen LogP contribution in [-0.4, -0.2) is 66.8 Å². The van der Waals surface area contributed by atoms with Gasteiger partial charge in [-0.3, -0.25) is 9.59 Å². The molecule has 0 unspecified atom stereocenters. The molecule has 0 rings (SSSR count). The Labute approximate surface area is 122 Å².